The maximum Gasteiger partial charge on any atom is 0.0216 e. The van der Waals surface area contributed by atoms with E-state index in [0.717, 1.165) is 0 Å². The Bertz CT molecular complexity index is 1950. The number of rotatable bonds is 2. The van der Waals surface area contributed by atoms with Gasteiger partial charge in [-0.2, -0.15) is 0 Å². The van der Waals surface area contributed by atoms with Gasteiger partial charge in [-0.05, 0) is 94.7 Å². The van der Waals surface area contributed by atoms with Gasteiger partial charge in [0.2, 0.25) is 0 Å². The lowest BCUT2D eigenvalue weighted by molar-refractivity contribution is 0.416. The van der Waals surface area contributed by atoms with Crippen LogP contribution in [0.5, 0.6) is 0 Å². The van der Waals surface area contributed by atoms with Crippen molar-refractivity contribution in [3.05, 3.63) is 107 Å². The molecule has 0 amide bonds. The third kappa shape index (κ3) is 2.31. The van der Waals surface area contributed by atoms with Crippen LogP contribution in [0.3, 0.4) is 0 Å². The highest BCUT2D eigenvalue weighted by Crippen LogP contribution is 2.62. The molecule has 2 aliphatic rings. The fourth-order valence-corrected chi connectivity index (χ4v) is 8.36. The Morgan fingerprint density at radius 1 is 0.500 bits per heavy atom. The first-order chi connectivity index (χ1) is 18.3. The fourth-order valence-electron chi connectivity index (χ4n) is 8.36. The van der Waals surface area contributed by atoms with Gasteiger partial charge in [-0.1, -0.05) is 120 Å². The molecule has 0 heterocycles. The molecule has 2 aliphatic carbocycles. The Morgan fingerprint density at radius 2 is 1.13 bits per heavy atom. The highest BCUT2D eigenvalue weighted by molar-refractivity contribution is 6.30. The number of fused-ring (bicyclic) bond motifs is 9. The molecule has 0 bridgehead atoms. The quantitative estimate of drug-likeness (QED) is 0.212. The van der Waals surface area contributed by atoms with Gasteiger partial charge >= 0.3 is 0 Å². The first kappa shape index (κ1) is 22.4. The van der Waals surface area contributed by atoms with E-state index >= 15 is 0 Å². The minimum Gasteiger partial charge on any atom is -0.0619 e. The monoisotopic (exact) mass is 490 g/mol. The van der Waals surface area contributed by atoms with Crippen molar-refractivity contribution in [3.8, 4) is 22.3 Å². The van der Waals surface area contributed by atoms with Gasteiger partial charge in [0.1, 0.15) is 0 Å². The van der Waals surface area contributed by atoms with Gasteiger partial charge in [0.15, 0.2) is 0 Å². The molecule has 0 fully saturated rings. The average molecular weight is 491 g/mol. The Kier molecular flexibility index (Phi) is 4.15. The molecule has 0 spiro atoms. The summed E-state index contributed by atoms with van der Waals surface area (Å²) >= 11 is 0. The van der Waals surface area contributed by atoms with Crippen molar-refractivity contribution >= 4 is 32.3 Å². The van der Waals surface area contributed by atoms with Crippen molar-refractivity contribution in [3.63, 3.8) is 0 Å². The summed E-state index contributed by atoms with van der Waals surface area (Å²) < 4.78 is 0. The van der Waals surface area contributed by atoms with Gasteiger partial charge < -0.3 is 0 Å². The number of benzene rings is 6. The smallest absolute Gasteiger partial charge is 0.0216 e. The zero-order valence-corrected chi connectivity index (χ0v) is 23.2. The SMILES string of the molecule is CC(C)C1(C)c2ccccc2-c2cc3c4c(c5cccc6ccc(c21)c3c65)-c1ccccc1C4(C)C(C)C. The van der Waals surface area contributed by atoms with Crippen LogP contribution >= 0.6 is 0 Å². The average Bonchev–Trinajstić information content (AvgIpc) is 3.36. The standard InChI is InChI=1S/C38H34/c1-21(2)37(5)30-16-9-7-13-24(30)28-20-29-33-27(35(28)37)19-18-23-12-11-15-26(32(23)33)34-25-14-8-10-17-31(25)38(6,22(3)4)36(29)34/h7-22H,1-6H3. The lowest BCUT2D eigenvalue weighted by Crippen LogP contribution is -2.28. The van der Waals surface area contributed by atoms with Crippen LogP contribution in [0, 0.1) is 11.8 Å². The zero-order chi connectivity index (χ0) is 26.1. The minimum atomic E-state index is -0.0533. The van der Waals surface area contributed by atoms with Gasteiger partial charge in [-0.3, -0.25) is 0 Å². The first-order valence-electron chi connectivity index (χ1n) is 14.3. The second kappa shape index (κ2) is 7.06. The van der Waals surface area contributed by atoms with Crippen molar-refractivity contribution in [2.24, 2.45) is 11.8 Å². The Morgan fingerprint density at radius 3 is 1.84 bits per heavy atom. The summed E-state index contributed by atoms with van der Waals surface area (Å²) in [4.78, 5) is 0. The topological polar surface area (TPSA) is 0 Å². The Balaban J connectivity index is 1.68. The van der Waals surface area contributed by atoms with Crippen LogP contribution in [0.4, 0.5) is 0 Å². The zero-order valence-electron chi connectivity index (χ0n) is 23.2. The molecule has 6 aromatic carbocycles. The molecule has 0 aromatic heterocycles. The predicted octanol–water partition coefficient (Wildman–Crippen LogP) is 10.5. The van der Waals surface area contributed by atoms with E-state index in [9.17, 15) is 0 Å². The normalized spacial score (nSPS) is 21.6. The second-order valence-corrected chi connectivity index (χ2v) is 12.8. The van der Waals surface area contributed by atoms with Crippen LogP contribution in [0.1, 0.15) is 63.8 Å². The third-order valence-corrected chi connectivity index (χ3v) is 10.8. The van der Waals surface area contributed by atoms with E-state index in [1.165, 1.54) is 76.8 Å². The van der Waals surface area contributed by atoms with Gasteiger partial charge in [-0.25, -0.2) is 0 Å². The first-order valence-corrected chi connectivity index (χ1v) is 14.3. The maximum atomic E-state index is 2.60. The van der Waals surface area contributed by atoms with Gasteiger partial charge in [0.25, 0.3) is 0 Å². The van der Waals surface area contributed by atoms with Crippen molar-refractivity contribution in [2.45, 2.75) is 52.4 Å². The molecule has 0 radical (unpaired) electrons. The summed E-state index contributed by atoms with van der Waals surface area (Å²) in [6.45, 7) is 14.6. The van der Waals surface area contributed by atoms with Crippen LogP contribution in [-0.2, 0) is 10.8 Å². The van der Waals surface area contributed by atoms with Crippen LogP contribution in [0.25, 0.3) is 54.6 Å². The van der Waals surface area contributed by atoms with E-state index in [4.69, 9.17) is 0 Å². The van der Waals surface area contributed by atoms with E-state index in [1.807, 2.05) is 0 Å². The molecule has 2 atom stereocenters. The predicted molar refractivity (Wildman–Crippen MR) is 164 cm³/mol. The molecule has 0 aliphatic heterocycles. The van der Waals surface area contributed by atoms with Gasteiger partial charge in [-0.15, -0.1) is 0 Å². The molecule has 0 nitrogen and oxygen atoms in total. The van der Waals surface area contributed by atoms with E-state index in [1.54, 1.807) is 0 Å². The molecule has 6 aromatic rings. The third-order valence-electron chi connectivity index (χ3n) is 10.8. The molecular weight excluding hydrogens is 456 g/mol. The van der Waals surface area contributed by atoms with Crippen molar-refractivity contribution in [2.75, 3.05) is 0 Å². The molecule has 8 rings (SSSR count). The van der Waals surface area contributed by atoms with Crippen LogP contribution in [0.2, 0.25) is 0 Å². The highest BCUT2D eigenvalue weighted by Gasteiger charge is 2.47. The summed E-state index contributed by atoms with van der Waals surface area (Å²) in [6.07, 6.45) is 0. The molecule has 2 unspecified atom stereocenters. The molecular formula is C38H34. The van der Waals surface area contributed by atoms with E-state index < -0.39 is 0 Å². The van der Waals surface area contributed by atoms with E-state index in [-0.39, 0.29) is 10.8 Å². The lowest BCUT2D eigenvalue weighted by Gasteiger charge is -2.35. The maximum absolute atomic E-state index is 2.60. The van der Waals surface area contributed by atoms with Crippen LogP contribution in [-0.4, -0.2) is 0 Å². The molecule has 0 N–H and O–H groups in total. The fraction of sp³-hybridized carbons (Fsp3) is 0.263. The van der Waals surface area contributed by atoms with E-state index in [0.29, 0.717) is 11.8 Å². The molecule has 0 saturated carbocycles. The van der Waals surface area contributed by atoms with E-state index in [2.05, 4.69) is 126 Å². The van der Waals surface area contributed by atoms with Crippen LogP contribution in [0.15, 0.2) is 84.9 Å². The van der Waals surface area contributed by atoms with Crippen molar-refractivity contribution in [1.82, 2.24) is 0 Å². The number of hydrogen-bond acceptors (Lipinski definition) is 0. The van der Waals surface area contributed by atoms with Crippen molar-refractivity contribution in [1.29, 1.82) is 0 Å². The molecule has 0 saturated heterocycles. The summed E-state index contributed by atoms with van der Waals surface area (Å²) in [5, 5.41) is 8.56. The highest BCUT2D eigenvalue weighted by atomic mass is 14.5. The minimum absolute atomic E-state index is 0.0261. The molecule has 0 heteroatoms. The summed E-state index contributed by atoms with van der Waals surface area (Å²) in [5.74, 6) is 0.955. The summed E-state index contributed by atoms with van der Waals surface area (Å²) in [6, 6.07) is 32.7. The van der Waals surface area contributed by atoms with Gasteiger partial charge in [0.05, 0.1) is 0 Å². The Labute approximate surface area is 225 Å². The number of hydrogen-bond donors (Lipinski definition) is 0. The molecule has 186 valence electrons. The summed E-state index contributed by atoms with van der Waals surface area (Å²) in [7, 11) is 0. The molecule has 38 heavy (non-hydrogen) atoms. The Hall–Kier alpha value is -3.64. The second-order valence-electron chi connectivity index (χ2n) is 12.8. The van der Waals surface area contributed by atoms with Crippen LogP contribution < -0.4 is 0 Å². The largest absolute Gasteiger partial charge is 0.0619 e. The lowest BCUT2D eigenvalue weighted by atomic mass is 9.67. The van der Waals surface area contributed by atoms with Gasteiger partial charge in [0, 0.05) is 10.8 Å². The summed E-state index contributed by atoms with van der Waals surface area (Å²) in [5.41, 5.74) is 11.7. The van der Waals surface area contributed by atoms with Crippen molar-refractivity contribution < 1.29 is 0 Å².